The van der Waals surface area contributed by atoms with Crippen LogP contribution in [0.25, 0.3) is 0 Å². The van der Waals surface area contributed by atoms with Gasteiger partial charge in [0, 0.05) is 15.9 Å². The van der Waals surface area contributed by atoms with E-state index in [1.165, 1.54) is 0 Å². The highest BCUT2D eigenvalue weighted by molar-refractivity contribution is 9.02. The van der Waals surface area contributed by atoms with E-state index in [0.29, 0.717) is 9.83 Å². The average Bonchev–Trinajstić information content (AvgIpc) is 2.50. The van der Waals surface area contributed by atoms with Gasteiger partial charge in [-0.1, -0.05) is 11.7 Å². The van der Waals surface area contributed by atoms with E-state index in [1.807, 2.05) is 0 Å². The first-order valence-corrected chi connectivity index (χ1v) is 6.36. The van der Waals surface area contributed by atoms with Crippen molar-refractivity contribution >= 4 is 30.5 Å². The number of thiol groups is 1. The van der Waals surface area contributed by atoms with Crippen LogP contribution >= 0.6 is 21.5 Å². The third-order valence-electron chi connectivity index (χ3n) is 0.986. The lowest BCUT2D eigenvalue weighted by molar-refractivity contribution is 0.597. The van der Waals surface area contributed by atoms with Gasteiger partial charge in [-0.25, -0.2) is 4.72 Å². The Labute approximate surface area is 62.9 Å². The van der Waals surface area contributed by atoms with Crippen LogP contribution < -0.4 is 4.72 Å². The van der Waals surface area contributed by atoms with E-state index in [1.54, 1.807) is 0 Å². The van der Waals surface area contributed by atoms with E-state index < -0.39 is 9.06 Å². The molecule has 0 aliphatic heterocycles. The molecular weight excluding hydrogens is 178 g/mol. The Morgan fingerprint density at radius 3 is 2.44 bits per heavy atom. The summed E-state index contributed by atoms with van der Waals surface area (Å²) in [5.41, 5.74) is 0. The predicted molar refractivity (Wildman–Crippen MR) is 41.7 cm³/mol. The van der Waals surface area contributed by atoms with Crippen LogP contribution in [0.3, 0.4) is 0 Å². The Morgan fingerprint density at radius 2 is 2.11 bits per heavy atom. The molecule has 3 nitrogen and oxygen atoms in total. The largest absolute Gasteiger partial charge is 0.275 e. The van der Waals surface area contributed by atoms with Crippen molar-refractivity contribution in [2.75, 3.05) is 0 Å². The minimum Gasteiger partial charge on any atom is -0.202 e. The first kappa shape index (κ1) is 7.71. The van der Waals surface area contributed by atoms with Crippen LogP contribution in [0.1, 0.15) is 12.8 Å². The van der Waals surface area contributed by atoms with Gasteiger partial charge in [-0.05, 0) is 12.8 Å². The summed E-state index contributed by atoms with van der Waals surface area (Å²) >= 11 is 3.57. The first-order chi connectivity index (χ1) is 4.14. The van der Waals surface area contributed by atoms with E-state index in [4.69, 9.17) is 0 Å². The number of nitrogens with one attached hydrogen (secondary N) is 1. The molecule has 9 heavy (non-hydrogen) atoms. The first-order valence-electron chi connectivity index (χ1n) is 2.49. The Kier molecular flexibility index (Phi) is 2.31. The number of hydrogen-bond acceptors (Lipinski definition) is 4. The quantitative estimate of drug-likeness (QED) is 0.499. The fourth-order valence-corrected chi connectivity index (χ4v) is 2.04. The fourth-order valence-electron chi connectivity index (χ4n) is 0.427. The van der Waals surface area contributed by atoms with Crippen molar-refractivity contribution in [3.05, 3.63) is 0 Å². The van der Waals surface area contributed by atoms with Gasteiger partial charge in [-0.15, -0.1) is 0 Å². The van der Waals surface area contributed by atoms with Gasteiger partial charge in [0.05, 0.1) is 0 Å². The summed E-state index contributed by atoms with van der Waals surface area (Å²) in [5.74, 6) is 0. The molecule has 6 heteroatoms. The van der Waals surface area contributed by atoms with Crippen LogP contribution in [-0.2, 0) is 9.06 Å². The summed E-state index contributed by atoms with van der Waals surface area (Å²) in [6.07, 6.45) is 1.93. The molecule has 0 aromatic rings. The van der Waals surface area contributed by atoms with Crippen molar-refractivity contribution in [2.24, 2.45) is 0 Å². The lowest BCUT2D eigenvalue weighted by Crippen LogP contribution is -2.21. The minimum absolute atomic E-state index is 0.189. The summed E-state index contributed by atoms with van der Waals surface area (Å²) in [6, 6.07) is 0.189. The highest BCUT2D eigenvalue weighted by atomic mass is 33.5. The van der Waals surface area contributed by atoms with Crippen LogP contribution in [0, 0.1) is 0 Å². The molecule has 0 unspecified atom stereocenters. The lowest BCUT2D eigenvalue weighted by Gasteiger charge is -1.97. The zero-order valence-corrected chi connectivity index (χ0v) is 7.10. The molecule has 0 aromatic heterocycles. The Morgan fingerprint density at radius 1 is 1.56 bits per heavy atom. The van der Waals surface area contributed by atoms with Crippen LogP contribution in [0.4, 0.5) is 0 Å². The molecular formula is C3H7NO2S3. The summed E-state index contributed by atoms with van der Waals surface area (Å²) in [5, 5.41) is 0. The van der Waals surface area contributed by atoms with E-state index >= 15 is 0 Å². The predicted octanol–water partition coefficient (Wildman–Crippen LogP) is 0.561. The third-order valence-corrected chi connectivity index (χ3v) is 4.45. The maximum absolute atomic E-state index is 10.6. The summed E-state index contributed by atoms with van der Waals surface area (Å²) < 4.78 is 23.7. The molecule has 0 aromatic carbocycles. The van der Waals surface area contributed by atoms with Gasteiger partial charge in [-0.2, -0.15) is 8.42 Å². The van der Waals surface area contributed by atoms with Gasteiger partial charge >= 0.3 is 0 Å². The Bertz CT molecular complexity index is 183. The van der Waals surface area contributed by atoms with Crippen LogP contribution in [0.5, 0.6) is 0 Å². The Balaban J connectivity index is 2.40. The fraction of sp³-hybridized carbons (Fsp3) is 1.00. The molecule has 1 aliphatic rings. The monoisotopic (exact) mass is 185 g/mol. The van der Waals surface area contributed by atoms with Crippen LogP contribution in [-0.4, -0.2) is 14.5 Å². The summed E-state index contributed by atoms with van der Waals surface area (Å²) in [4.78, 5) is 0. The molecule has 0 radical (unpaired) electrons. The maximum atomic E-state index is 10.6. The van der Waals surface area contributed by atoms with Crippen molar-refractivity contribution < 1.29 is 8.42 Å². The molecule has 0 heterocycles. The van der Waals surface area contributed by atoms with Gasteiger partial charge in [0.1, 0.15) is 0 Å². The highest BCUT2D eigenvalue weighted by Crippen LogP contribution is 2.24. The SMILES string of the molecule is O=S(=O)(NC1CC1)SS. The van der Waals surface area contributed by atoms with Crippen molar-refractivity contribution in [2.45, 2.75) is 18.9 Å². The third kappa shape index (κ3) is 2.79. The normalized spacial score (nSPS) is 20.1. The second-order valence-corrected chi connectivity index (χ2v) is 6.32. The molecule has 0 bridgehead atoms. The molecule has 1 aliphatic carbocycles. The summed E-state index contributed by atoms with van der Waals surface area (Å²) in [6.45, 7) is 0. The van der Waals surface area contributed by atoms with Crippen LogP contribution in [0.15, 0.2) is 0 Å². The van der Waals surface area contributed by atoms with Gasteiger partial charge in [0.25, 0.3) is 9.06 Å². The second-order valence-electron chi connectivity index (χ2n) is 1.92. The van der Waals surface area contributed by atoms with E-state index in [0.717, 1.165) is 12.8 Å². The van der Waals surface area contributed by atoms with Gasteiger partial charge < -0.3 is 0 Å². The second kappa shape index (κ2) is 2.69. The van der Waals surface area contributed by atoms with Crippen molar-refractivity contribution in [3.8, 4) is 0 Å². The van der Waals surface area contributed by atoms with E-state index in [2.05, 4.69) is 16.4 Å². The standard InChI is InChI=1S/C3H7NO2S3/c5-9(6,8-7)4-3-1-2-3/h3-4,7H,1-2H2. The molecule has 1 fully saturated rings. The molecule has 0 saturated heterocycles. The average molecular weight is 185 g/mol. The minimum atomic E-state index is -3.13. The zero-order valence-electron chi connectivity index (χ0n) is 4.57. The van der Waals surface area contributed by atoms with Gasteiger partial charge in [0.15, 0.2) is 0 Å². The Hall–Kier alpha value is 0.610. The molecule has 0 atom stereocenters. The van der Waals surface area contributed by atoms with E-state index in [-0.39, 0.29) is 6.04 Å². The molecule has 0 amide bonds. The maximum Gasteiger partial charge on any atom is 0.275 e. The van der Waals surface area contributed by atoms with Crippen molar-refractivity contribution in [1.29, 1.82) is 0 Å². The zero-order chi connectivity index (χ0) is 6.91. The highest BCUT2D eigenvalue weighted by Gasteiger charge is 2.26. The smallest absolute Gasteiger partial charge is 0.202 e. The molecule has 54 valence electrons. The van der Waals surface area contributed by atoms with Gasteiger partial charge in [-0.3, -0.25) is 0 Å². The molecule has 1 rings (SSSR count). The van der Waals surface area contributed by atoms with E-state index in [9.17, 15) is 8.42 Å². The van der Waals surface area contributed by atoms with Gasteiger partial charge in [0.2, 0.25) is 0 Å². The topological polar surface area (TPSA) is 46.2 Å². The van der Waals surface area contributed by atoms with Crippen molar-refractivity contribution in [3.63, 3.8) is 0 Å². The molecule has 1 saturated carbocycles. The number of rotatable bonds is 3. The lowest BCUT2D eigenvalue weighted by atomic mass is 10.8. The number of hydrogen-bond donors (Lipinski definition) is 2. The molecule has 1 N–H and O–H groups in total. The summed E-state index contributed by atoms with van der Waals surface area (Å²) in [7, 11) is -2.57. The van der Waals surface area contributed by atoms with Crippen molar-refractivity contribution in [1.82, 2.24) is 4.72 Å². The van der Waals surface area contributed by atoms with Crippen LogP contribution in [0.2, 0.25) is 0 Å². The molecule has 0 spiro atoms.